The van der Waals surface area contributed by atoms with Gasteiger partial charge in [0.25, 0.3) is 0 Å². The van der Waals surface area contributed by atoms with Gasteiger partial charge in [0.05, 0.1) is 5.52 Å². The summed E-state index contributed by atoms with van der Waals surface area (Å²) in [5.74, 6) is 0.718. The zero-order valence-electron chi connectivity index (χ0n) is 11.5. The van der Waals surface area contributed by atoms with Crippen LogP contribution in [0.3, 0.4) is 0 Å². The Balaban J connectivity index is 2.00. The minimum Gasteiger partial charge on any atom is -0.388 e. The lowest BCUT2D eigenvalue weighted by atomic mass is 9.89. The molecule has 2 heteroatoms. The summed E-state index contributed by atoms with van der Waals surface area (Å²) in [5, 5.41) is 4.66. The highest BCUT2D eigenvalue weighted by atomic mass is 14.8. The lowest BCUT2D eigenvalue weighted by Gasteiger charge is -2.19. The Hall–Kier alpha value is -1.57. The van der Waals surface area contributed by atoms with Crippen LogP contribution in [-0.4, -0.2) is 12.0 Å². The van der Waals surface area contributed by atoms with E-state index in [1.807, 2.05) is 7.05 Å². The van der Waals surface area contributed by atoms with Crippen LogP contribution >= 0.6 is 0 Å². The Morgan fingerprint density at radius 2 is 2.00 bits per heavy atom. The molecule has 0 amide bonds. The number of rotatable bonds is 2. The van der Waals surface area contributed by atoms with E-state index in [0.29, 0.717) is 0 Å². The summed E-state index contributed by atoms with van der Waals surface area (Å²) < 4.78 is 0. The maximum Gasteiger partial charge on any atom is 0.0760 e. The van der Waals surface area contributed by atoms with E-state index in [1.165, 1.54) is 71.9 Å². The van der Waals surface area contributed by atoms with Gasteiger partial charge in [-0.2, -0.15) is 0 Å². The number of hydrogen-bond acceptors (Lipinski definition) is 2. The largest absolute Gasteiger partial charge is 0.388 e. The second kappa shape index (κ2) is 4.22. The van der Waals surface area contributed by atoms with Crippen LogP contribution in [0.2, 0.25) is 0 Å². The Morgan fingerprint density at radius 3 is 2.79 bits per heavy atom. The smallest absolute Gasteiger partial charge is 0.0760 e. The molecule has 19 heavy (non-hydrogen) atoms. The van der Waals surface area contributed by atoms with Crippen LogP contribution in [0.5, 0.6) is 0 Å². The molecular formula is C17H20N2. The fourth-order valence-corrected chi connectivity index (χ4v) is 3.34. The Labute approximate surface area is 114 Å². The van der Waals surface area contributed by atoms with Gasteiger partial charge in [0.15, 0.2) is 0 Å². The summed E-state index contributed by atoms with van der Waals surface area (Å²) in [6.07, 6.45) is 7.72. The van der Waals surface area contributed by atoms with Gasteiger partial charge in [-0.1, -0.05) is 12.1 Å². The van der Waals surface area contributed by atoms with Crippen LogP contribution in [0.4, 0.5) is 5.69 Å². The van der Waals surface area contributed by atoms with Crippen molar-refractivity contribution in [3.8, 4) is 0 Å². The molecular weight excluding hydrogens is 232 g/mol. The second-order valence-corrected chi connectivity index (χ2v) is 5.93. The van der Waals surface area contributed by atoms with Crippen molar-refractivity contribution in [1.82, 2.24) is 4.98 Å². The maximum absolute atomic E-state index is 5.02. The first-order valence-corrected chi connectivity index (χ1v) is 7.50. The average Bonchev–Trinajstić information content (AvgIpc) is 3.30. The van der Waals surface area contributed by atoms with Gasteiger partial charge in [-0.15, -0.1) is 0 Å². The fraction of sp³-hybridized carbons (Fsp3) is 0.471. The van der Waals surface area contributed by atoms with E-state index >= 15 is 0 Å². The first kappa shape index (κ1) is 11.3. The van der Waals surface area contributed by atoms with Gasteiger partial charge in [-0.05, 0) is 55.7 Å². The van der Waals surface area contributed by atoms with Crippen molar-refractivity contribution in [3.63, 3.8) is 0 Å². The van der Waals surface area contributed by atoms with Gasteiger partial charge < -0.3 is 5.32 Å². The highest BCUT2D eigenvalue weighted by molar-refractivity contribution is 5.94. The van der Waals surface area contributed by atoms with Gasteiger partial charge >= 0.3 is 0 Å². The molecule has 0 aliphatic heterocycles. The molecule has 4 rings (SSSR count). The lowest BCUT2D eigenvalue weighted by Crippen LogP contribution is -2.06. The standard InChI is InChI=1S/C17H20N2/c1-18-16-10-15(12-6-7-12)19-17-13-5-3-2-4-11(13)8-9-14(16)17/h8-10,12H,2-7H2,1H3,(H,18,19). The van der Waals surface area contributed by atoms with E-state index in [-0.39, 0.29) is 0 Å². The molecule has 0 bridgehead atoms. The highest BCUT2D eigenvalue weighted by Gasteiger charge is 2.26. The van der Waals surface area contributed by atoms with Gasteiger partial charge in [0.2, 0.25) is 0 Å². The number of anilines is 1. The number of nitrogens with one attached hydrogen (secondary N) is 1. The maximum atomic E-state index is 5.02. The summed E-state index contributed by atoms with van der Waals surface area (Å²) in [6, 6.07) is 6.83. The molecule has 1 fully saturated rings. The third kappa shape index (κ3) is 1.81. The second-order valence-electron chi connectivity index (χ2n) is 5.93. The van der Waals surface area contributed by atoms with Crippen molar-refractivity contribution >= 4 is 16.6 Å². The van der Waals surface area contributed by atoms with Gasteiger partial charge in [0.1, 0.15) is 0 Å². The molecule has 0 saturated heterocycles. The summed E-state index contributed by atoms with van der Waals surface area (Å²) in [6.45, 7) is 0. The molecule has 0 unspecified atom stereocenters. The third-order valence-corrected chi connectivity index (χ3v) is 4.59. The highest BCUT2D eigenvalue weighted by Crippen LogP contribution is 2.42. The van der Waals surface area contributed by atoms with Crippen LogP contribution < -0.4 is 5.32 Å². The number of nitrogens with zero attached hydrogens (tertiary/aromatic N) is 1. The molecule has 2 nitrogen and oxygen atoms in total. The van der Waals surface area contributed by atoms with Crippen LogP contribution in [0.1, 0.15) is 48.4 Å². The first-order valence-electron chi connectivity index (χ1n) is 7.50. The number of aromatic nitrogens is 1. The molecule has 2 aromatic rings. The van der Waals surface area contributed by atoms with Gasteiger partial charge in [-0.25, -0.2) is 0 Å². The molecule has 98 valence electrons. The van der Waals surface area contributed by atoms with E-state index in [1.54, 1.807) is 0 Å². The predicted octanol–water partition coefficient (Wildman–Crippen LogP) is 4.03. The van der Waals surface area contributed by atoms with Crippen molar-refractivity contribution < 1.29 is 0 Å². The predicted molar refractivity (Wildman–Crippen MR) is 79.9 cm³/mol. The number of aryl methyl sites for hydroxylation is 2. The molecule has 0 radical (unpaired) electrons. The van der Waals surface area contributed by atoms with E-state index in [9.17, 15) is 0 Å². The Kier molecular flexibility index (Phi) is 2.51. The van der Waals surface area contributed by atoms with Crippen LogP contribution in [-0.2, 0) is 12.8 Å². The summed E-state index contributed by atoms with van der Waals surface area (Å²) in [7, 11) is 2.02. The molecule has 0 atom stereocenters. The van der Waals surface area contributed by atoms with Crippen LogP contribution in [0, 0.1) is 0 Å². The number of benzene rings is 1. The minimum absolute atomic E-state index is 0.718. The number of fused-ring (bicyclic) bond motifs is 3. The fourth-order valence-electron chi connectivity index (χ4n) is 3.34. The third-order valence-electron chi connectivity index (χ3n) is 4.59. The molecule has 1 aromatic carbocycles. The van der Waals surface area contributed by atoms with E-state index in [0.717, 1.165) is 5.92 Å². The summed E-state index contributed by atoms with van der Waals surface area (Å²) in [5.41, 5.74) is 6.87. The lowest BCUT2D eigenvalue weighted by molar-refractivity contribution is 0.688. The minimum atomic E-state index is 0.718. The molecule has 0 spiro atoms. The van der Waals surface area contributed by atoms with Gasteiger partial charge in [-0.3, -0.25) is 4.98 Å². The van der Waals surface area contributed by atoms with Crippen LogP contribution in [0.25, 0.3) is 10.9 Å². The molecule has 2 aliphatic carbocycles. The van der Waals surface area contributed by atoms with Crippen molar-refractivity contribution in [2.75, 3.05) is 12.4 Å². The first-order chi connectivity index (χ1) is 9.36. The molecule has 1 saturated carbocycles. The zero-order valence-corrected chi connectivity index (χ0v) is 11.5. The van der Waals surface area contributed by atoms with Crippen molar-refractivity contribution in [2.45, 2.75) is 44.4 Å². The van der Waals surface area contributed by atoms with E-state index in [2.05, 4.69) is 23.5 Å². The Morgan fingerprint density at radius 1 is 1.16 bits per heavy atom. The zero-order chi connectivity index (χ0) is 12.8. The molecule has 1 aromatic heterocycles. The summed E-state index contributed by atoms with van der Waals surface area (Å²) >= 11 is 0. The summed E-state index contributed by atoms with van der Waals surface area (Å²) in [4.78, 5) is 5.02. The number of hydrogen-bond donors (Lipinski definition) is 1. The average molecular weight is 252 g/mol. The van der Waals surface area contributed by atoms with Crippen molar-refractivity contribution in [2.24, 2.45) is 0 Å². The normalized spacial score (nSPS) is 18.4. The molecule has 2 aliphatic rings. The topological polar surface area (TPSA) is 24.9 Å². The van der Waals surface area contributed by atoms with Crippen molar-refractivity contribution in [1.29, 1.82) is 0 Å². The SMILES string of the molecule is CNc1cc(C2CC2)nc2c3c(ccc12)CCCC3. The Bertz CT molecular complexity index is 641. The van der Waals surface area contributed by atoms with Crippen molar-refractivity contribution in [3.05, 3.63) is 35.0 Å². The molecule has 1 N–H and O–H groups in total. The number of pyridine rings is 1. The quantitative estimate of drug-likeness (QED) is 0.872. The molecule has 1 heterocycles. The van der Waals surface area contributed by atoms with E-state index < -0.39 is 0 Å². The monoisotopic (exact) mass is 252 g/mol. The van der Waals surface area contributed by atoms with Crippen LogP contribution in [0.15, 0.2) is 18.2 Å². The van der Waals surface area contributed by atoms with E-state index in [4.69, 9.17) is 4.98 Å². The van der Waals surface area contributed by atoms with Gasteiger partial charge in [0, 0.05) is 29.7 Å².